The Labute approximate surface area is 98.6 Å². The van der Waals surface area contributed by atoms with Crippen LogP contribution in [0.15, 0.2) is 30.3 Å². The van der Waals surface area contributed by atoms with E-state index in [4.69, 9.17) is 0 Å². The van der Waals surface area contributed by atoms with Crippen LogP contribution in [-0.2, 0) is 6.54 Å². The zero-order chi connectivity index (χ0) is 11.5. The van der Waals surface area contributed by atoms with Crippen LogP contribution in [0.4, 0.5) is 0 Å². The van der Waals surface area contributed by atoms with Crippen LogP contribution in [-0.4, -0.2) is 32.7 Å². The summed E-state index contributed by atoms with van der Waals surface area (Å²) in [6.45, 7) is 8.26. The Morgan fingerprint density at radius 2 is 1.44 bits per heavy atom. The van der Waals surface area contributed by atoms with Crippen molar-refractivity contribution >= 4 is 0 Å². The van der Waals surface area contributed by atoms with Crippen molar-refractivity contribution in [3.05, 3.63) is 35.9 Å². The Kier molecular flexibility index (Phi) is 7.68. The number of likely N-dealkylation sites (N-methyl/N-ethyl adjacent to an activating group) is 1. The third-order valence-electron chi connectivity index (χ3n) is 2.38. The van der Waals surface area contributed by atoms with Crippen LogP contribution >= 0.6 is 0 Å². The van der Waals surface area contributed by atoms with E-state index < -0.39 is 0 Å². The van der Waals surface area contributed by atoms with Crippen molar-refractivity contribution < 1.29 is 0 Å². The van der Waals surface area contributed by atoms with Gasteiger partial charge in [-0.3, -0.25) is 0 Å². The van der Waals surface area contributed by atoms with Crippen molar-refractivity contribution in [2.75, 3.05) is 32.7 Å². The van der Waals surface area contributed by atoms with Crippen molar-refractivity contribution in [3.8, 4) is 0 Å². The molecular formula is C13H23N3. The fourth-order valence-corrected chi connectivity index (χ4v) is 1.48. The highest BCUT2D eigenvalue weighted by Gasteiger charge is 1.90. The largest absolute Gasteiger partial charge is 0.316 e. The number of benzene rings is 1. The van der Waals surface area contributed by atoms with Gasteiger partial charge < -0.3 is 16.0 Å². The van der Waals surface area contributed by atoms with Gasteiger partial charge in [0.1, 0.15) is 0 Å². The molecular weight excluding hydrogens is 198 g/mol. The highest BCUT2D eigenvalue weighted by atomic mass is 15.0. The summed E-state index contributed by atoms with van der Waals surface area (Å²) in [4.78, 5) is 0. The van der Waals surface area contributed by atoms with Gasteiger partial charge in [0, 0.05) is 32.7 Å². The molecule has 0 aliphatic carbocycles. The Morgan fingerprint density at radius 1 is 0.812 bits per heavy atom. The number of rotatable bonds is 9. The van der Waals surface area contributed by atoms with Crippen LogP contribution in [0.2, 0.25) is 0 Å². The molecule has 0 bridgehead atoms. The van der Waals surface area contributed by atoms with Crippen molar-refractivity contribution in [1.29, 1.82) is 0 Å². The van der Waals surface area contributed by atoms with Gasteiger partial charge in [-0.05, 0) is 12.1 Å². The van der Waals surface area contributed by atoms with Gasteiger partial charge in [0.15, 0.2) is 0 Å². The van der Waals surface area contributed by atoms with Crippen molar-refractivity contribution in [3.63, 3.8) is 0 Å². The summed E-state index contributed by atoms with van der Waals surface area (Å²) in [6.07, 6.45) is 0. The maximum absolute atomic E-state index is 3.41. The van der Waals surface area contributed by atoms with E-state index in [1.807, 2.05) is 6.07 Å². The SMILES string of the molecule is CCNCCNCCNCc1ccccc1. The van der Waals surface area contributed by atoms with E-state index in [1.165, 1.54) is 5.56 Å². The number of hydrogen-bond acceptors (Lipinski definition) is 3. The molecule has 0 saturated heterocycles. The molecule has 0 saturated carbocycles. The molecule has 1 aromatic rings. The van der Waals surface area contributed by atoms with Crippen molar-refractivity contribution in [2.45, 2.75) is 13.5 Å². The van der Waals surface area contributed by atoms with E-state index >= 15 is 0 Å². The topological polar surface area (TPSA) is 36.1 Å². The van der Waals surface area contributed by atoms with Gasteiger partial charge in [-0.1, -0.05) is 37.3 Å². The summed E-state index contributed by atoms with van der Waals surface area (Å²) in [5.41, 5.74) is 1.34. The predicted octanol–water partition coefficient (Wildman–Crippen LogP) is 0.975. The van der Waals surface area contributed by atoms with Crippen LogP contribution in [0.25, 0.3) is 0 Å². The molecule has 3 N–H and O–H groups in total. The maximum atomic E-state index is 3.41. The lowest BCUT2D eigenvalue weighted by Crippen LogP contribution is -2.32. The van der Waals surface area contributed by atoms with Crippen molar-refractivity contribution in [2.24, 2.45) is 0 Å². The monoisotopic (exact) mass is 221 g/mol. The molecule has 3 heteroatoms. The molecule has 0 aliphatic rings. The first-order valence-electron chi connectivity index (χ1n) is 6.09. The lowest BCUT2D eigenvalue weighted by molar-refractivity contribution is 0.588. The molecule has 1 rings (SSSR count). The van der Waals surface area contributed by atoms with Gasteiger partial charge >= 0.3 is 0 Å². The smallest absolute Gasteiger partial charge is 0.0206 e. The molecule has 0 amide bonds. The highest BCUT2D eigenvalue weighted by molar-refractivity contribution is 5.14. The second-order valence-electron chi connectivity index (χ2n) is 3.77. The number of hydrogen-bond donors (Lipinski definition) is 3. The molecule has 0 spiro atoms. The minimum Gasteiger partial charge on any atom is -0.316 e. The highest BCUT2D eigenvalue weighted by Crippen LogP contribution is 1.96. The van der Waals surface area contributed by atoms with E-state index in [9.17, 15) is 0 Å². The fraction of sp³-hybridized carbons (Fsp3) is 0.538. The molecule has 0 atom stereocenters. The first-order chi connectivity index (χ1) is 7.93. The summed E-state index contributed by atoms with van der Waals surface area (Å²) in [6, 6.07) is 10.5. The van der Waals surface area contributed by atoms with Crippen LogP contribution in [0.3, 0.4) is 0 Å². The Hall–Kier alpha value is -0.900. The lowest BCUT2D eigenvalue weighted by Gasteiger charge is -2.06. The second kappa shape index (κ2) is 9.33. The molecule has 16 heavy (non-hydrogen) atoms. The minimum atomic E-state index is 0.954. The summed E-state index contributed by atoms with van der Waals surface area (Å²) in [7, 11) is 0. The number of nitrogens with one attached hydrogen (secondary N) is 3. The van der Waals surface area contributed by atoms with Gasteiger partial charge in [0.2, 0.25) is 0 Å². The average molecular weight is 221 g/mol. The molecule has 0 radical (unpaired) electrons. The van der Waals surface area contributed by atoms with E-state index in [1.54, 1.807) is 0 Å². The van der Waals surface area contributed by atoms with E-state index in [2.05, 4.69) is 47.1 Å². The van der Waals surface area contributed by atoms with E-state index in [-0.39, 0.29) is 0 Å². The molecule has 3 nitrogen and oxygen atoms in total. The third kappa shape index (κ3) is 6.56. The van der Waals surface area contributed by atoms with Crippen LogP contribution in [0, 0.1) is 0 Å². The van der Waals surface area contributed by atoms with Gasteiger partial charge in [0.25, 0.3) is 0 Å². The fourth-order valence-electron chi connectivity index (χ4n) is 1.48. The predicted molar refractivity (Wildman–Crippen MR) is 69.6 cm³/mol. The normalized spacial score (nSPS) is 10.6. The zero-order valence-electron chi connectivity index (χ0n) is 10.1. The molecule has 0 fully saturated rings. The van der Waals surface area contributed by atoms with Crippen molar-refractivity contribution in [1.82, 2.24) is 16.0 Å². The molecule has 0 aliphatic heterocycles. The average Bonchev–Trinajstić information content (AvgIpc) is 2.34. The molecule has 0 unspecified atom stereocenters. The minimum absolute atomic E-state index is 0.954. The standard InChI is InChI=1S/C13H23N3/c1-2-14-8-9-15-10-11-16-12-13-6-4-3-5-7-13/h3-7,14-16H,2,8-12H2,1H3. The summed E-state index contributed by atoms with van der Waals surface area (Å²) < 4.78 is 0. The van der Waals surface area contributed by atoms with E-state index in [0.29, 0.717) is 0 Å². The third-order valence-corrected chi connectivity index (χ3v) is 2.38. The second-order valence-corrected chi connectivity index (χ2v) is 3.77. The van der Waals surface area contributed by atoms with E-state index in [0.717, 1.165) is 39.3 Å². The maximum Gasteiger partial charge on any atom is 0.0206 e. The van der Waals surface area contributed by atoms with Gasteiger partial charge in [-0.25, -0.2) is 0 Å². The van der Waals surface area contributed by atoms with Crippen LogP contribution in [0.5, 0.6) is 0 Å². The summed E-state index contributed by atoms with van der Waals surface area (Å²) >= 11 is 0. The molecule has 0 aromatic heterocycles. The van der Waals surface area contributed by atoms with Gasteiger partial charge in [-0.15, -0.1) is 0 Å². The molecule has 1 aromatic carbocycles. The summed E-state index contributed by atoms with van der Waals surface area (Å²) in [5.74, 6) is 0. The van der Waals surface area contributed by atoms with Crippen LogP contribution in [0.1, 0.15) is 12.5 Å². The Morgan fingerprint density at radius 3 is 2.12 bits per heavy atom. The molecule has 0 heterocycles. The van der Waals surface area contributed by atoms with Gasteiger partial charge in [0.05, 0.1) is 0 Å². The summed E-state index contributed by atoms with van der Waals surface area (Å²) in [5, 5.41) is 10.1. The first kappa shape index (κ1) is 13.2. The van der Waals surface area contributed by atoms with Crippen LogP contribution < -0.4 is 16.0 Å². The zero-order valence-corrected chi connectivity index (χ0v) is 10.1. The quantitative estimate of drug-likeness (QED) is 0.544. The molecule has 90 valence electrons. The lowest BCUT2D eigenvalue weighted by atomic mass is 10.2. The van der Waals surface area contributed by atoms with Gasteiger partial charge in [-0.2, -0.15) is 0 Å². The Balaban J connectivity index is 1.89. The first-order valence-corrected chi connectivity index (χ1v) is 6.09. The Bertz CT molecular complexity index is 249.